The summed E-state index contributed by atoms with van der Waals surface area (Å²) in [5.41, 5.74) is 1.93. The van der Waals surface area contributed by atoms with Crippen molar-refractivity contribution in [3.05, 3.63) is 47.3 Å². The van der Waals surface area contributed by atoms with E-state index in [-0.39, 0.29) is 11.6 Å². The largest absolute Gasteiger partial charge is 0.464 e. The lowest BCUT2D eigenvalue weighted by Gasteiger charge is -2.08. The first kappa shape index (κ1) is 13.8. The molecule has 0 bridgehead atoms. The number of benzene rings is 1. The Morgan fingerprint density at radius 3 is 2.65 bits per heavy atom. The average Bonchev–Trinajstić information content (AvgIpc) is 2.79. The van der Waals surface area contributed by atoms with Gasteiger partial charge >= 0.3 is 5.97 Å². The summed E-state index contributed by atoms with van der Waals surface area (Å²) in [6.45, 7) is 1.85. The van der Waals surface area contributed by atoms with Gasteiger partial charge in [0, 0.05) is 12.6 Å². The molecule has 1 heterocycles. The predicted octanol–water partition coefficient (Wildman–Crippen LogP) is 1.77. The zero-order chi connectivity index (χ0) is 14.7. The summed E-state index contributed by atoms with van der Waals surface area (Å²) in [7, 11) is 2.89. The van der Waals surface area contributed by atoms with Crippen LogP contribution in [0.3, 0.4) is 0 Å². The van der Waals surface area contributed by atoms with Gasteiger partial charge in [0.05, 0.1) is 19.0 Å². The van der Waals surface area contributed by atoms with Crippen molar-refractivity contribution in [3.63, 3.8) is 0 Å². The van der Waals surface area contributed by atoms with Gasteiger partial charge in [-0.3, -0.25) is 9.48 Å². The van der Waals surface area contributed by atoms with Crippen LogP contribution in [0.5, 0.6) is 0 Å². The number of aromatic nitrogens is 2. The van der Waals surface area contributed by atoms with Crippen LogP contribution in [0.15, 0.2) is 30.5 Å². The van der Waals surface area contributed by atoms with Gasteiger partial charge in [-0.1, -0.05) is 18.2 Å². The Bertz CT molecular complexity index is 661. The van der Waals surface area contributed by atoms with Crippen LogP contribution in [0, 0.1) is 6.92 Å². The molecule has 0 aliphatic carbocycles. The first-order valence-corrected chi connectivity index (χ1v) is 6.02. The highest BCUT2D eigenvalue weighted by atomic mass is 16.5. The molecule has 20 heavy (non-hydrogen) atoms. The Labute approximate surface area is 116 Å². The minimum Gasteiger partial charge on any atom is -0.464 e. The molecule has 1 N–H and O–H groups in total. The molecule has 0 radical (unpaired) electrons. The second kappa shape index (κ2) is 5.56. The van der Waals surface area contributed by atoms with Crippen LogP contribution in [0.4, 0.5) is 5.69 Å². The summed E-state index contributed by atoms with van der Waals surface area (Å²) in [5.74, 6) is -0.841. The molecule has 2 rings (SSSR count). The molecular formula is C14H15N3O3. The molecule has 0 saturated carbocycles. The standard InChI is InChI=1S/C14H15N3O3/c1-9-6-4-5-7-10(9)13(18)16-11-8-15-17(2)12(11)14(19)20-3/h4-8H,1-3H3,(H,16,18). The van der Waals surface area contributed by atoms with E-state index in [4.69, 9.17) is 0 Å². The predicted molar refractivity (Wildman–Crippen MR) is 73.7 cm³/mol. The van der Waals surface area contributed by atoms with Crippen molar-refractivity contribution in [1.82, 2.24) is 9.78 Å². The van der Waals surface area contributed by atoms with Crippen molar-refractivity contribution in [3.8, 4) is 0 Å². The van der Waals surface area contributed by atoms with E-state index in [1.54, 1.807) is 19.2 Å². The summed E-state index contributed by atoms with van der Waals surface area (Å²) in [5, 5.41) is 6.64. The van der Waals surface area contributed by atoms with Gasteiger partial charge in [0.2, 0.25) is 0 Å². The van der Waals surface area contributed by atoms with E-state index in [0.717, 1.165) is 5.56 Å². The Morgan fingerprint density at radius 1 is 1.30 bits per heavy atom. The SMILES string of the molecule is COC(=O)c1c(NC(=O)c2ccccc2C)cnn1C. The maximum Gasteiger partial charge on any atom is 0.358 e. The lowest BCUT2D eigenvalue weighted by molar-refractivity contribution is 0.0589. The van der Waals surface area contributed by atoms with Gasteiger partial charge in [-0.15, -0.1) is 0 Å². The third-order valence-electron chi connectivity index (χ3n) is 2.96. The van der Waals surface area contributed by atoms with Crippen molar-refractivity contribution >= 4 is 17.6 Å². The number of methoxy groups -OCH3 is 1. The lowest BCUT2D eigenvalue weighted by Crippen LogP contribution is -2.17. The molecule has 0 fully saturated rings. The summed E-state index contributed by atoms with van der Waals surface area (Å²) in [6, 6.07) is 7.21. The van der Waals surface area contributed by atoms with Crippen molar-refractivity contribution in [2.45, 2.75) is 6.92 Å². The quantitative estimate of drug-likeness (QED) is 0.865. The Balaban J connectivity index is 2.30. The molecule has 0 unspecified atom stereocenters. The molecule has 1 aromatic heterocycles. The number of nitrogens with one attached hydrogen (secondary N) is 1. The zero-order valence-corrected chi connectivity index (χ0v) is 11.5. The zero-order valence-electron chi connectivity index (χ0n) is 11.5. The fourth-order valence-corrected chi connectivity index (χ4v) is 1.89. The minimum absolute atomic E-state index is 0.203. The summed E-state index contributed by atoms with van der Waals surface area (Å²) in [4.78, 5) is 23.9. The molecule has 0 aliphatic heterocycles. The number of ether oxygens (including phenoxy) is 1. The first-order valence-electron chi connectivity index (χ1n) is 6.02. The van der Waals surface area contributed by atoms with E-state index in [1.165, 1.54) is 18.0 Å². The second-order valence-electron chi connectivity index (χ2n) is 4.29. The molecule has 1 amide bonds. The molecule has 0 saturated heterocycles. The van der Waals surface area contributed by atoms with Crippen LogP contribution in [0.2, 0.25) is 0 Å². The molecule has 0 atom stereocenters. The van der Waals surface area contributed by atoms with Crippen molar-refractivity contribution < 1.29 is 14.3 Å². The van der Waals surface area contributed by atoms with Crippen LogP contribution < -0.4 is 5.32 Å². The monoisotopic (exact) mass is 273 g/mol. The fourth-order valence-electron chi connectivity index (χ4n) is 1.89. The van der Waals surface area contributed by atoms with Gasteiger partial charge < -0.3 is 10.1 Å². The van der Waals surface area contributed by atoms with E-state index < -0.39 is 5.97 Å². The number of hydrogen-bond donors (Lipinski definition) is 1. The highest BCUT2D eigenvalue weighted by molar-refractivity contribution is 6.08. The Hall–Kier alpha value is -2.63. The normalized spacial score (nSPS) is 10.2. The van der Waals surface area contributed by atoms with Crippen LogP contribution in [0.25, 0.3) is 0 Å². The number of rotatable bonds is 3. The highest BCUT2D eigenvalue weighted by Gasteiger charge is 2.20. The van der Waals surface area contributed by atoms with Crippen LogP contribution in [-0.4, -0.2) is 28.8 Å². The maximum atomic E-state index is 12.2. The molecule has 2 aromatic rings. The van der Waals surface area contributed by atoms with Gasteiger partial charge in [0.15, 0.2) is 5.69 Å². The summed E-state index contributed by atoms with van der Waals surface area (Å²) >= 11 is 0. The van der Waals surface area contributed by atoms with E-state index in [0.29, 0.717) is 11.3 Å². The number of hydrogen-bond acceptors (Lipinski definition) is 4. The topological polar surface area (TPSA) is 73.2 Å². The third-order valence-corrected chi connectivity index (χ3v) is 2.96. The number of esters is 1. The van der Waals surface area contributed by atoms with Crippen LogP contribution in [0.1, 0.15) is 26.4 Å². The molecule has 1 aromatic carbocycles. The van der Waals surface area contributed by atoms with E-state index in [9.17, 15) is 9.59 Å². The number of aryl methyl sites for hydroxylation is 2. The summed E-state index contributed by atoms with van der Waals surface area (Å²) in [6.07, 6.45) is 1.42. The van der Waals surface area contributed by atoms with Crippen molar-refractivity contribution in [1.29, 1.82) is 0 Å². The molecule has 104 valence electrons. The van der Waals surface area contributed by atoms with Crippen LogP contribution in [-0.2, 0) is 11.8 Å². The van der Waals surface area contributed by atoms with Gasteiger partial charge in [0.25, 0.3) is 5.91 Å². The number of carbonyl (C=O) groups excluding carboxylic acids is 2. The fraction of sp³-hybridized carbons (Fsp3) is 0.214. The van der Waals surface area contributed by atoms with Crippen molar-refractivity contribution in [2.75, 3.05) is 12.4 Å². The maximum absolute atomic E-state index is 12.2. The molecule has 6 nitrogen and oxygen atoms in total. The average molecular weight is 273 g/mol. The number of amides is 1. The number of nitrogens with zero attached hydrogens (tertiary/aromatic N) is 2. The molecule has 0 spiro atoms. The minimum atomic E-state index is -0.551. The Kier molecular flexibility index (Phi) is 3.84. The Morgan fingerprint density at radius 2 is 2.00 bits per heavy atom. The van der Waals surface area contributed by atoms with Gasteiger partial charge in [0.1, 0.15) is 0 Å². The van der Waals surface area contributed by atoms with E-state index >= 15 is 0 Å². The molecule has 6 heteroatoms. The number of carbonyl (C=O) groups is 2. The first-order chi connectivity index (χ1) is 9.54. The lowest BCUT2D eigenvalue weighted by atomic mass is 10.1. The van der Waals surface area contributed by atoms with Gasteiger partial charge in [-0.2, -0.15) is 5.10 Å². The van der Waals surface area contributed by atoms with Crippen LogP contribution >= 0.6 is 0 Å². The smallest absolute Gasteiger partial charge is 0.358 e. The third kappa shape index (κ3) is 2.54. The van der Waals surface area contributed by atoms with Crippen molar-refractivity contribution in [2.24, 2.45) is 7.05 Å². The molecular weight excluding hydrogens is 258 g/mol. The number of anilines is 1. The summed E-state index contributed by atoms with van der Waals surface area (Å²) < 4.78 is 6.04. The highest BCUT2D eigenvalue weighted by Crippen LogP contribution is 2.17. The molecule has 0 aliphatic rings. The van der Waals surface area contributed by atoms with Gasteiger partial charge in [-0.25, -0.2) is 4.79 Å². The second-order valence-corrected chi connectivity index (χ2v) is 4.29. The van der Waals surface area contributed by atoms with E-state index in [2.05, 4.69) is 15.2 Å². The van der Waals surface area contributed by atoms with Gasteiger partial charge in [-0.05, 0) is 18.6 Å². The van der Waals surface area contributed by atoms with E-state index in [1.807, 2.05) is 19.1 Å².